The van der Waals surface area contributed by atoms with E-state index in [9.17, 15) is 0 Å². The van der Waals surface area contributed by atoms with Crippen molar-refractivity contribution < 1.29 is 4.74 Å². The average Bonchev–Trinajstić information content (AvgIpc) is 2.76. The number of aliphatic imine (C=N–C) groups is 1. The van der Waals surface area contributed by atoms with E-state index in [0.29, 0.717) is 6.02 Å². The van der Waals surface area contributed by atoms with Gasteiger partial charge >= 0.3 is 0 Å². The van der Waals surface area contributed by atoms with Gasteiger partial charge in [0.1, 0.15) is 11.6 Å². The first-order valence-corrected chi connectivity index (χ1v) is 7.57. The lowest BCUT2D eigenvalue weighted by molar-refractivity contribution is 0.0896. The standard InChI is InChI=1S/C15H16BrN3O/c1-15-8-10(9-17)2-7-13(15)20-14(19-15)18-12-5-3-11(16)4-6-12/h3-6,10,13H,2,7-8H2,1H3,(H,18,19). The Morgan fingerprint density at radius 2 is 2.15 bits per heavy atom. The molecule has 1 saturated carbocycles. The van der Waals surface area contributed by atoms with Crippen LogP contribution in [0.2, 0.25) is 0 Å². The molecule has 20 heavy (non-hydrogen) atoms. The molecule has 4 nitrogen and oxygen atoms in total. The van der Waals surface area contributed by atoms with Gasteiger partial charge in [-0.1, -0.05) is 15.9 Å². The van der Waals surface area contributed by atoms with Gasteiger partial charge < -0.3 is 10.1 Å². The molecule has 2 aliphatic rings. The van der Waals surface area contributed by atoms with Crippen molar-refractivity contribution in [1.82, 2.24) is 0 Å². The quantitative estimate of drug-likeness (QED) is 0.852. The Morgan fingerprint density at radius 1 is 1.40 bits per heavy atom. The summed E-state index contributed by atoms with van der Waals surface area (Å²) in [7, 11) is 0. The van der Waals surface area contributed by atoms with E-state index in [2.05, 4.69) is 39.2 Å². The predicted molar refractivity (Wildman–Crippen MR) is 81.4 cm³/mol. The molecule has 3 rings (SSSR count). The molecule has 1 aliphatic carbocycles. The molecule has 0 bridgehead atoms. The van der Waals surface area contributed by atoms with Crippen molar-refractivity contribution in [1.29, 1.82) is 5.26 Å². The van der Waals surface area contributed by atoms with E-state index in [1.54, 1.807) is 0 Å². The molecule has 1 aromatic carbocycles. The summed E-state index contributed by atoms with van der Waals surface area (Å²) in [5.41, 5.74) is 0.683. The Morgan fingerprint density at radius 3 is 2.85 bits per heavy atom. The lowest BCUT2D eigenvalue weighted by Gasteiger charge is -2.33. The van der Waals surface area contributed by atoms with Crippen LogP contribution in [0.1, 0.15) is 26.2 Å². The van der Waals surface area contributed by atoms with E-state index in [4.69, 9.17) is 10.00 Å². The Balaban J connectivity index is 1.75. The number of nitrogens with zero attached hydrogens (tertiary/aromatic N) is 2. The van der Waals surface area contributed by atoms with Crippen LogP contribution in [0.4, 0.5) is 5.69 Å². The maximum absolute atomic E-state index is 9.09. The molecule has 3 atom stereocenters. The molecule has 0 spiro atoms. The van der Waals surface area contributed by atoms with Gasteiger partial charge in [0.2, 0.25) is 0 Å². The number of halogens is 1. The van der Waals surface area contributed by atoms with Gasteiger partial charge in [0.15, 0.2) is 0 Å². The summed E-state index contributed by atoms with van der Waals surface area (Å²) in [5, 5.41) is 12.3. The number of fused-ring (bicyclic) bond motifs is 1. The number of nitriles is 1. The number of anilines is 1. The number of hydrogen-bond donors (Lipinski definition) is 1. The van der Waals surface area contributed by atoms with Crippen LogP contribution in [-0.4, -0.2) is 17.7 Å². The van der Waals surface area contributed by atoms with E-state index in [1.165, 1.54) is 0 Å². The van der Waals surface area contributed by atoms with Crippen LogP contribution in [0.3, 0.4) is 0 Å². The van der Waals surface area contributed by atoms with Gasteiger partial charge in [-0.3, -0.25) is 0 Å². The molecule has 0 saturated heterocycles. The summed E-state index contributed by atoms with van der Waals surface area (Å²) < 4.78 is 6.95. The normalized spacial score (nSPS) is 31.8. The molecule has 104 valence electrons. The third-order valence-corrected chi connectivity index (χ3v) is 4.55. The molecule has 1 fully saturated rings. The van der Waals surface area contributed by atoms with E-state index in [1.807, 2.05) is 24.3 Å². The zero-order valence-corrected chi connectivity index (χ0v) is 12.9. The van der Waals surface area contributed by atoms with Crippen LogP contribution < -0.4 is 5.32 Å². The zero-order valence-electron chi connectivity index (χ0n) is 11.3. The summed E-state index contributed by atoms with van der Waals surface area (Å²) in [6.07, 6.45) is 2.66. The monoisotopic (exact) mass is 333 g/mol. The fourth-order valence-electron chi connectivity index (χ4n) is 2.92. The summed E-state index contributed by atoms with van der Waals surface area (Å²) in [5.74, 6) is 0.0932. The number of benzene rings is 1. The summed E-state index contributed by atoms with van der Waals surface area (Å²) in [4.78, 5) is 4.68. The molecule has 3 unspecified atom stereocenters. The van der Waals surface area contributed by atoms with E-state index in [-0.39, 0.29) is 17.6 Å². The Kier molecular flexibility index (Phi) is 3.43. The molecule has 0 aromatic heterocycles. The van der Waals surface area contributed by atoms with Crippen LogP contribution >= 0.6 is 15.9 Å². The third-order valence-electron chi connectivity index (χ3n) is 4.02. The Hall–Kier alpha value is -1.54. The second-order valence-electron chi connectivity index (χ2n) is 5.62. The molecular formula is C15H16BrN3O. The van der Waals surface area contributed by atoms with Gasteiger partial charge in [-0.25, -0.2) is 4.99 Å². The van der Waals surface area contributed by atoms with Crippen molar-refractivity contribution in [2.24, 2.45) is 10.9 Å². The summed E-state index contributed by atoms with van der Waals surface area (Å²) in [6.45, 7) is 2.08. The Bertz CT molecular complexity index is 578. The van der Waals surface area contributed by atoms with Crippen LogP contribution in [0, 0.1) is 17.2 Å². The van der Waals surface area contributed by atoms with Crippen LogP contribution in [0.5, 0.6) is 0 Å². The minimum atomic E-state index is -0.268. The van der Waals surface area contributed by atoms with Crippen molar-refractivity contribution in [2.75, 3.05) is 5.32 Å². The van der Waals surface area contributed by atoms with Gasteiger partial charge in [-0.05, 0) is 50.5 Å². The molecule has 1 heterocycles. The molecule has 1 aliphatic heterocycles. The third kappa shape index (κ3) is 2.53. The molecule has 0 amide bonds. The lowest BCUT2D eigenvalue weighted by Crippen LogP contribution is -2.41. The van der Waals surface area contributed by atoms with Gasteiger partial charge in [-0.2, -0.15) is 5.26 Å². The highest BCUT2D eigenvalue weighted by Crippen LogP contribution is 2.40. The minimum Gasteiger partial charge on any atom is -0.459 e. The van der Waals surface area contributed by atoms with Crippen molar-refractivity contribution in [3.05, 3.63) is 28.7 Å². The second kappa shape index (κ2) is 5.10. The van der Waals surface area contributed by atoms with Crippen LogP contribution in [0.25, 0.3) is 0 Å². The number of ether oxygens (including phenoxy) is 1. The molecular weight excluding hydrogens is 318 g/mol. The second-order valence-corrected chi connectivity index (χ2v) is 6.54. The summed E-state index contributed by atoms with van der Waals surface area (Å²) >= 11 is 3.41. The number of rotatable bonds is 1. The fraction of sp³-hybridized carbons (Fsp3) is 0.467. The first kappa shape index (κ1) is 13.4. The SMILES string of the molecule is CC12CC(C#N)CCC1OC(Nc1ccc(Br)cc1)=N2. The Labute approximate surface area is 127 Å². The van der Waals surface area contributed by atoms with Gasteiger partial charge in [0.05, 0.1) is 6.07 Å². The van der Waals surface area contributed by atoms with Crippen molar-refractivity contribution in [3.8, 4) is 6.07 Å². The first-order chi connectivity index (χ1) is 9.59. The van der Waals surface area contributed by atoms with Crippen molar-refractivity contribution in [3.63, 3.8) is 0 Å². The van der Waals surface area contributed by atoms with E-state index in [0.717, 1.165) is 29.4 Å². The maximum Gasteiger partial charge on any atom is 0.290 e. The van der Waals surface area contributed by atoms with E-state index < -0.39 is 0 Å². The number of hydrogen-bond acceptors (Lipinski definition) is 4. The fourth-order valence-corrected chi connectivity index (χ4v) is 3.18. The lowest BCUT2D eigenvalue weighted by atomic mass is 9.76. The average molecular weight is 334 g/mol. The topological polar surface area (TPSA) is 57.4 Å². The molecule has 5 heteroatoms. The zero-order chi connectivity index (χ0) is 14.2. The van der Waals surface area contributed by atoms with Gasteiger partial charge in [-0.15, -0.1) is 0 Å². The van der Waals surface area contributed by atoms with E-state index >= 15 is 0 Å². The summed E-state index contributed by atoms with van der Waals surface area (Å²) in [6, 6.07) is 10.8. The van der Waals surface area contributed by atoms with Crippen molar-refractivity contribution in [2.45, 2.75) is 37.8 Å². The highest BCUT2D eigenvalue weighted by atomic mass is 79.9. The highest BCUT2D eigenvalue weighted by molar-refractivity contribution is 9.10. The molecule has 1 aromatic rings. The van der Waals surface area contributed by atoms with Crippen LogP contribution in [0.15, 0.2) is 33.7 Å². The van der Waals surface area contributed by atoms with Gasteiger partial charge in [0, 0.05) is 16.1 Å². The first-order valence-electron chi connectivity index (χ1n) is 6.78. The highest BCUT2D eigenvalue weighted by Gasteiger charge is 2.46. The predicted octanol–water partition coefficient (Wildman–Crippen LogP) is 3.70. The van der Waals surface area contributed by atoms with Gasteiger partial charge in [0.25, 0.3) is 6.02 Å². The number of amidine groups is 1. The largest absolute Gasteiger partial charge is 0.459 e. The smallest absolute Gasteiger partial charge is 0.290 e. The molecule has 1 N–H and O–H groups in total. The van der Waals surface area contributed by atoms with Crippen molar-refractivity contribution >= 4 is 27.6 Å². The molecule has 0 radical (unpaired) electrons. The van der Waals surface area contributed by atoms with Crippen LogP contribution in [-0.2, 0) is 4.74 Å². The minimum absolute atomic E-state index is 0.0880. The number of nitrogens with one attached hydrogen (secondary N) is 1. The maximum atomic E-state index is 9.09.